The lowest BCUT2D eigenvalue weighted by Gasteiger charge is -2.37. The summed E-state index contributed by atoms with van der Waals surface area (Å²) in [6.45, 7) is -0.761. The Morgan fingerprint density at radius 1 is 0.677 bits per heavy atom. The van der Waals surface area contributed by atoms with Gasteiger partial charge in [0.2, 0.25) is 0 Å². The van der Waals surface area contributed by atoms with Crippen LogP contribution in [0.3, 0.4) is 0 Å². The molecule has 6 heteroatoms. The Morgan fingerprint density at radius 3 is 1.55 bits per heavy atom. The highest BCUT2D eigenvalue weighted by atomic mass is 16.5. The third-order valence-corrected chi connectivity index (χ3v) is 5.28. The van der Waals surface area contributed by atoms with Crippen LogP contribution in [0.25, 0.3) is 0 Å². The summed E-state index contributed by atoms with van der Waals surface area (Å²) in [6, 6.07) is 24.7. The van der Waals surface area contributed by atoms with Crippen molar-refractivity contribution in [3.63, 3.8) is 0 Å². The van der Waals surface area contributed by atoms with Gasteiger partial charge in [0.15, 0.2) is 0 Å². The van der Waals surface area contributed by atoms with Gasteiger partial charge in [-0.1, -0.05) is 54.6 Å². The van der Waals surface area contributed by atoms with Gasteiger partial charge in [-0.15, -0.1) is 0 Å². The standard InChI is InChI=1S/C25H28O6/c1-29-21-12-8-19(9-13-21)25(18-6-4-3-5-7-18,31-17-24(28)23(27)16-26)20-10-14-22(30-2)15-11-20/h3-15,23-24,26-28H,16-17H2,1-2H3/t23-,24-/m1/s1. The zero-order valence-corrected chi connectivity index (χ0v) is 17.6. The van der Waals surface area contributed by atoms with Crippen LogP contribution in [0, 0.1) is 0 Å². The SMILES string of the molecule is COc1ccc(C(OC[C@@H](O)[C@H](O)CO)(c2ccccc2)c2ccc(OC)cc2)cc1. The lowest BCUT2D eigenvalue weighted by atomic mass is 9.80. The molecule has 164 valence electrons. The topological polar surface area (TPSA) is 88.4 Å². The molecule has 0 aliphatic heterocycles. The first-order chi connectivity index (χ1) is 15.0. The molecule has 3 aromatic rings. The number of aliphatic hydroxyl groups excluding tert-OH is 3. The summed E-state index contributed by atoms with van der Waals surface area (Å²) >= 11 is 0. The zero-order valence-electron chi connectivity index (χ0n) is 17.6. The molecule has 0 saturated carbocycles. The summed E-state index contributed by atoms with van der Waals surface area (Å²) in [6.07, 6.45) is -2.57. The Balaban J connectivity index is 2.18. The smallest absolute Gasteiger partial charge is 0.143 e. The van der Waals surface area contributed by atoms with Crippen molar-refractivity contribution in [2.75, 3.05) is 27.4 Å². The highest BCUT2D eigenvalue weighted by Crippen LogP contribution is 2.41. The van der Waals surface area contributed by atoms with Crippen LogP contribution in [-0.2, 0) is 10.3 Å². The predicted molar refractivity (Wildman–Crippen MR) is 117 cm³/mol. The van der Waals surface area contributed by atoms with E-state index in [0.29, 0.717) is 11.5 Å². The van der Waals surface area contributed by atoms with Crippen LogP contribution < -0.4 is 9.47 Å². The number of methoxy groups -OCH3 is 2. The van der Waals surface area contributed by atoms with Crippen molar-refractivity contribution in [1.82, 2.24) is 0 Å². The first-order valence-electron chi connectivity index (χ1n) is 10.0. The van der Waals surface area contributed by atoms with Gasteiger partial charge in [-0.05, 0) is 41.0 Å². The van der Waals surface area contributed by atoms with Crippen molar-refractivity contribution >= 4 is 0 Å². The maximum Gasteiger partial charge on any atom is 0.143 e. The van der Waals surface area contributed by atoms with Gasteiger partial charge in [0, 0.05) is 0 Å². The monoisotopic (exact) mass is 424 g/mol. The Bertz CT molecular complexity index is 877. The van der Waals surface area contributed by atoms with Gasteiger partial charge in [0.05, 0.1) is 27.4 Å². The Labute approximate surface area is 182 Å². The van der Waals surface area contributed by atoms with Gasteiger partial charge in [-0.25, -0.2) is 0 Å². The first-order valence-corrected chi connectivity index (χ1v) is 10.0. The van der Waals surface area contributed by atoms with E-state index in [2.05, 4.69) is 0 Å². The summed E-state index contributed by atoms with van der Waals surface area (Å²) < 4.78 is 17.0. The molecule has 0 heterocycles. The molecule has 0 bridgehead atoms. The van der Waals surface area contributed by atoms with Gasteiger partial charge in [-0.2, -0.15) is 0 Å². The van der Waals surface area contributed by atoms with E-state index >= 15 is 0 Å². The Kier molecular flexibility index (Phi) is 7.65. The normalized spacial score (nSPS) is 13.5. The van der Waals surface area contributed by atoms with E-state index in [1.807, 2.05) is 78.9 Å². The van der Waals surface area contributed by atoms with Crippen molar-refractivity contribution in [1.29, 1.82) is 0 Å². The molecule has 0 saturated heterocycles. The second-order valence-corrected chi connectivity index (χ2v) is 7.13. The van der Waals surface area contributed by atoms with Crippen molar-refractivity contribution < 1.29 is 29.5 Å². The van der Waals surface area contributed by atoms with E-state index < -0.39 is 24.4 Å². The molecule has 6 nitrogen and oxygen atoms in total. The molecular formula is C25H28O6. The predicted octanol–water partition coefficient (Wildman–Crippen LogP) is 2.73. The fourth-order valence-electron chi connectivity index (χ4n) is 3.52. The maximum absolute atomic E-state index is 10.3. The molecule has 0 aliphatic rings. The van der Waals surface area contributed by atoms with Crippen LogP contribution >= 0.6 is 0 Å². The second-order valence-electron chi connectivity index (χ2n) is 7.13. The summed E-state index contributed by atoms with van der Waals surface area (Å²) in [5.74, 6) is 1.41. The average Bonchev–Trinajstić information content (AvgIpc) is 2.85. The van der Waals surface area contributed by atoms with Crippen molar-refractivity contribution in [2.24, 2.45) is 0 Å². The quantitative estimate of drug-likeness (QED) is 0.434. The highest BCUT2D eigenvalue weighted by Gasteiger charge is 2.38. The minimum atomic E-state index is -1.31. The van der Waals surface area contributed by atoms with Crippen LogP contribution in [0.4, 0.5) is 0 Å². The average molecular weight is 424 g/mol. The minimum absolute atomic E-state index is 0.200. The molecule has 0 unspecified atom stereocenters. The van der Waals surface area contributed by atoms with Gasteiger partial charge >= 0.3 is 0 Å². The lowest BCUT2D eigenvalue weighted by Crippen LogP contribution is -2.40. The van der Waals surface area contributed by atoms with Gasteiger partial charge in [-0.3, -0.25) is 0 Å². The van der Waals surface area contributed by atoms with Crippen LogP contribution in [0.2, 0.25) is 0 Å². The number of hydrogen-bond donors (Lipinski definition) is 3. The van der Waals surface area contributed by atoms with E-state index in [0.717, 1.165) is 16.7 Å². The first kappa shape index (κ1) is 22.8. The molecule has 3 rings (SSSR count). The molecular weight excluding hydrogens is 396 g/mol. The number of aliphatic hydroxyl groups is 3. The fourth-order valence-corrected chi connectivity index (χ4v) is 3.52. The number of benzene rings is 3. The van der Waals surface area contributed by atoms with Gasteiger partial charge < -0.3 is 29.5 Å². The van der Waals surface area contributed by atoms with E-state index in [9.17, 15) is 15.3 Å². The molecule has 3 N–H and O–H groups in total. The molecule has 31 heavy (non-hydrogen) atoms. The third kappa shape index (κ3) is 4.89. The van der Waals surface area contributed by atoms with Crippen molar-refractivity contribution in [3.8, 4) is 11.5 Å². The molecule has 0 amide bonds. The van der Waals surface area contributed by atoms with E-state index in [-0.39, 0.29) is 6.61 Å². The molecule has 3 aromatic carbocycles. The summed E-state index contributed by atoms with van der Waals surface area (Å²) in [7, 11) is 3.21. The number of rotatable bonds is 10. The molecule has 0 aromatic heterocycles. The largest absolute Gasteiger partial charge is 0.497 e. The van der Waals surface area contributed by atoms with Crippen LogP contribution in [0.1, 0.15) is 16.7 Å². The summed E-state index contributed by atoms with van der Waals surface area (Å²) in [4.78, 5) is 0. The molecule has 0 fully saturated rings. The molecule has 0 radical (unpaired) electrons. The lowest BCUT2D eigenvalue weighted by molar-refractivity contribution is -0.0891. The van der Waals surface area contributed by atoms with Crippen LogP contribution in [0.5, 0.6) is 11.5 Å². The number of ether oxygens (including phenoxy) is 3. The minimum Gasteiger partial charge on any atom is -0.497 e. The Hall–Kier alpha value is -2.90. The summed E-state index contributed by atoms with van der Waals surface area (Å²) in [5, 5.41) is 29.4. The molecule has 2 atom stereocenters. The maximum atomic E-state index is 10.3. The van der Waals surface area contributed by atoms with E-state index in [4.69, 9.17) is 14.2 Å². The molecule has 0 aliphatic carbocycles. The Morgan fingerprint density at radius 2 is 1.13 bits per heavy atom. The molecule has 0 spiro atoms. The van der Waals surface area contributed by atoms with Crippen molar-refractivity contribution in [3.05, 3.63) is 95.6 Å². The second kappa shape index (κ2) is 10.4. The van der Waals surface area contributed by atoms with E-state index in [1.54, 1.807) is 14.2 Å². The van der Waals surface area contributed by atoms with Crippen molar-refractivity contribution in [2.45, 2.75) is 17.8 Å². The van der Waals surface area contributed by atoms with Gasteiger partial charge in [0.25, 0.3) is 0 Å². The fraction of sp³-hybridized carbons (Fsp3) is 0.280. The number of hydrogen-bond acceptors (Lipinski definition) is 6. The van der Waals surface area contributed by atoms with Gasteiger partial charge in [0.1, 0.15) is 29.3 Å². The highest BCUT2D eigenvalue weighted by molar-refractivity contribution is 5.49. The van der Waals surface area contributed by atoms with Crippen LogP contribution in [0.15, 0.2) is 78.9 Å². The third-order valence-electron chi connectivity index (χ3n) is 5.28. The van der Waals surface area contributed by atoms with Crippen LogP contribution in [-0.4, -0.2) is 55.0 Å². The summed E-state index contributed by atoms with van der Waals surface area (Å²) in [5.41, 5.74) is 1.39. The van der Waals surface area contributed by atoms with E-state index in [1.165, 1.54) is 0 Å². The zero-order chi connectivity index (χ0) is 22.3.